The van der Waals surface area contributed by atoms with Crippen molar-refractivity contribution in [2.45, 2.75) is 37.7 Å². The molecule has 1 N–H and O–H groups in total. The molecule has 9 aliphatic carbocycles. The normalized spacial score (nSPS) is 62.4. The summed E-state index contributed by atoms with van der Waals surface area (Å²) in [4.78, 5) is 14.0. The van der Waals surface area contributed by atoms with E-state index in [1.54, 1.807) is 7.11 Å². The van der Waals surface area contributed by atoms with Crippen LogP contribution in [0.1, 0.15) is 32.1 Å². The van der Waals surface area contributed by atoms with Gasteiger partial charge in [0.2, 0.25) is 0 Å². The van der Waals surface area contributed by atoms with Gasteiger partial charge < -0.3 is 14.6 Å². The molecular weight excluding hydrogens is 400 g/mol. The van der Waals surface area contributed by atoms with Gasteiger partial charge in [0.1, 0.15) is 11.2 Å². The zero-order valence-corrected chi connectivity index (χ0v) is 18.7. The third-order valence-corrected chi connectivity index (χ3v) is 13.2. The van der Waals surface area contributed by atoms with Gasteiger partial charge in [-0.2, -0.15) is 0 Å². The van der Waals surface area contributed by atoms with E-state index in [1.165, 1.54) is 25.7 Å². The second kappa shape index (κ2) is 5.09. The summed E-state index contributed by atoms with van der Waals surface area (Å²) in [6.07, 6.45) is 6.12. The molecule has 9 aliphatic rings. The highest BCUT2D eigenvalue weighted by atomic mass is 16.5. The number of hydrogen-bond donors (Lipinski definition) is 1. The Bertz CT molecular complexity index is 1050. The number of fused-ring (bicyclic) bond motifs is 1. The molecule has 168 valence electrons. The van der Waals surface area contributed by atoms with Crippen molar-refractivity contribution in [1.82, 2.24) is 0 Å². The molecule has 0 radical (unpaired) electrons. The Balaban J connectivity index is 1.32. The molecule has 0 heterocycles. The highest BCUT2D eigenvalue weighted by Gasteiger charge is 3.02. The van der Waals surface area contributed by atoms with Crippen LogP contribution in [0.2, 0.25) is 0 Å². The molecule has 0 spiro atoms. The molecule has 1 aromatic carbocycles. The summed E-state index contributed by atoms with van der Waals surface area (Å²) in [6, 6.07) is 10.2. The average molecular weight is 433 g/mol. The minimum absolute atomic E-state index is 0.0618. The number of hydrogen-bond acceptors (Lipinski definition) is 4. The summed E-state index contributed by atoms with van der Waals surface area (Å²) in [6.45, 7) is 0.580. The van der Waals surface area contributed by atoms with Gasteiger partial charge in [-0.05, 0) is 103 Å². The smallest absolute Gasteiger partial charge is 0.315 e. The number of para-hydroxylation sites is 1. The molecule has 14 atom stereocenters. The fourth-order valence-electron chi connectivity index (χ4n) is 13.7. The van der Waals surface area contributed by atoms with Crippen molar-refractivity contribution in [1.29, 1.82) is 0 Å². The van der Waals surface area contributed by atoms with E-state index in [-0.39, 0.29) is 17.3 Å². The lowest BCUT2D eigenvalue weighted by Gasteiger charge is -2.63. The topological polar surface area (TPSA) is 55.8 Å². The Morgan fingerprint density at radius 3 is 2.44 bits per heavy atom. The average Bonchev–Trinajstić information content (AvgIpc) is 3.59. The van der Waals surface area contributed by atoms with Gasteiger partial charge in [0.25, 0.3) is 0 Å². The molecule has 1 aromatic rings. The summed E-state index contributed by atoms with van der Waals surface area (Å²) in [7, 11) is 1.57. The predicted octanol–water partition coefficient (Wildman–Crippen LogP) is 3.78. The van der Waals surface area contributed by atoms with Gasteiger partial charge in [0.15, 0.2) is 0 Å². The Labute approximate surface area is 189 Å². The number of esters is 1. The first-order chi connectivity index (χ1) is 15.6. The molecule has 4 nitrogen and oxygen atoms in total. The molecule has 0 saturated heterocycles. The van der Waals surface area contributed by atoms with Gasteiger partial charge in [-0.3, -0.25) is 4.79 Å². The van der Waals surface area contributed by atoms with Crippen LogP contribution in [0.3, 0.4) is 0 Å². The third kappa shape index (κ3) is 1.32. The van der Waals surface area contributed by atoms with E-state index >= 15 is 0 Å². The summed E-state index contributed by atoms with van der Waals surface area (Å²) >= 11 is 0. The first kappa shape index (κ1) is 17.9. The maximum absolute atomic E-state index is 14.0. The van der Waals surface area contributed by atoms with Crippen molar-refractivity contribution in [3.05, 3.63) is 30.3 Å². The van der Waals surface area contributed by atoms with Crippen LogP contribution >= 0.6 is 0 Å². The number of aliphatic hydroxyl groups is 1. The quantitative estimate of drug-likeness (QED) is 0.736. The number of rotatable bonds is 4. The number of benzene rings is 1. The molecule has 9 bridgehead atoms. The first-order valence-corrected chi connectivity index (χ1v) is 13.1. The number of carbonyl (C=O) groups excluding carboxylic acids is 1. The largest absolute Gasteiger partial charge is 0.493 e. The van der Waals surface area contributed by atoms with E-state index in [4.69, 9.17) is 9.47 Å². The van der Waals surface area contributed by atoms with Crippen LogP contribution in [0, 0.1) is 75.9 Å². The van der Waals surface area contributed by atoms with Gasteiger partial charge in [0.05, 0.1) is 19.3 Å². The minimum atomic E-state index is -0.946. The van der Waals surface area contributed by atoms with Crippen molar-refractivity contribution in [3.63, 3.8) is 0 Å². The van der Waals surface area contributed by atoms with E-state index in [0.717, 1.165) is 12.2 Å². The summed E-state index contributed by atoms with van der Waals surface area (Å²) < 4.78 is 12.3. The maximum Gasteiger partial charge on any atom is 0.315 e. The lowest BCUT2D eigenvalue weighted by Crippen LogP contribution is -2.74. The van der Waals surface area contributed by atoms with E-state index in [2.05, 4.69) is 0 Å². The fourth-order valence-corrected chi connectivity index (χ4v) is 13.7. The second-order valence-corrected chi connectivity index (χ2v) is 12.7. The number of methoxy groups -OCH3 is 1. The SMILES string of the molecule is COC(=O)[C@@]12[C@@H]3[C@H]4CC[C@@H]5[C@@H]4[C@@H]4[C@@H]3[C@@H]3[C@H]([C@H]6CCC[C@H]6[C@@H]31)[C@]4(COc1ccccc1)[C@]52O. The Hall–Kier alpha value is -1.55. The van der Waals surface area contributed by atoms with Gasteiger partial charge in [-0.15, -0.1) is 0 Å². The van der Waals surface area contributed by atoms with E-state index in [1.807, 2.05) is 30.3 Å². The monoisotopic (exact) mass is 432 g/mol. The molecular formula is C28H32O4. The predicted molar refractivity (Wildman–Crippen MR) is 115 cm³/mol. The second-order valence-electron chi connectivity index (χ2n) is 12.7. The summed E-state index contributed by atoms with van der Waals surface area (Å²) in [5.41, 5.74) is -1.89. The first-order valence-electron chi connectivity index (χ1n) is 13.1. The molecule has 4 heteroatoms. The molecule has 9 fully saturated rings. The van der Waals surface area contributed by atoms with Crippen LogP contribution in [0.15, 0.2) is 30.3 Å². The van der Waals surface area contributed by atoms with Crippen LogP contribution < -0.4 is 4.74 Å². The Morgan fingerprint density at radius 1 is 0.938 bits per heavy atom. The molecule has 32 heavy (non-hydrogen) atoms. The van der Waals surface area contributed by atoms with Crippen molar-refractivity contribution in [3.8, 4) is 5.75 Å². The van der Waals surface area contributed by atoms with Crippen LogP contribution in [0.5, 0.6) is 5.75 Å². The molecule has 9 saturated carbocycles. The zero-order chi connectivity index (χ0) is 21.2. The highest BCUT2D eigenvalue weighted by Crippen LogP contribution is 2.98. The maximum atomic E-state index is 14.0. The minimum Gasteiger partial charge on any atom is -0.493 e. The zero-order valence-electron chi connectivity index (χ0n) is 18.7. The van der Waals surface area contributed by atoms with Crippen LogP contribution in [-0.2, 0) is 9.53 Å². The molecule has 10 rings (SSSR count). The molecule has 0 amide bonds. The molecule has 0 aliphatic heterocycles. The van der Waals surface area contributed by atoms with Crippen molar-refractivity contribution in [2.75, 3.05) is 13.7 Å². The lowest BCUT2D eigenvalue weighted by molar-refractivity contribution is -0.271. The van der Waals surface area contributed by atoms with Crippen LogP contribution in [-0.4, -0.2) is 30.4 Å². The highest BCUT2D eigenvalue weighted by molar-refractivity contribution is 5.83. The fraction of sp³-hybridized carbons (Fsp3) is 0.750. The van der Waals surface area contributed by atoms with Crippen molar-refractivity contribution < 1.29 is 19.4 Å². The third-order valence-electron chi connectivity index (χ3n) is 13.2. The van der Waals surface area contributed by atoms with E-state index in [9.17, 15) is 9.90 Å². The Morgan fingerprint density at radius 2 is 1.66 bits per heavy atom. The molecule has 0 aromatic heterocycles. The van der Waals surface area contributed by atoms with Crippen LogP contribution in [0.25, 0.3) is 0 Å². The van der Waals surface area contributed by atoms with E-state index in [0.29, 0.717) is 65.8 Å². The Kier molecular flexibility index (Phi) is 2.84. The van der Waals surface area contributed by atoms with Crippen molar-refractivity contribution >= 4 is 5.97 Å². The van der Waals surface area contributed by atoms with Crippen LogP contribution in [0.4, 0.5) is 0 Å². The standard InChI is InChI=1S/C28H32O4/c1-31-25(29)27-22-15-9-5-8-14(15)21-19(22)20-23(27)16-10-11-17-18(16)24(20)26(21,28(17,27)30)12-32-13-6-3-2-4-7-13/h2-4,6-7,14-24,30H,5,8-12H2,1H3/t14-,15+,16-,17+,18+,19+,20+,21-,22-,23+,24+,26-,27-,28+/m0/s1. The van der Waals surface area contributed by atoms with E-state index < -0.39 is 11.0 Å². The molecule has 0 unspecified atom stereocenters. The van der Waals surface area contributed by atoms with Crippen molar-refractivity contribution in [2.24, 2.45) is 75.9 Å². The lowest BCUT2D eigenvalue weighted by atomic mass is 9.42. The summed E-state index contributed by atoms with van der Waals surface area (Å²) in [5.74, 6) is 6.66. The number of carbonyl (C=O) groups is 1. The number of ether oxygens (including phenoxy) is 2. The van der Waals surface area contributed by atoms with Gasteiger partial charge in [0, 0.05) is 5.41 Å². The van der Waals surface area contributed by atoms with Gasteiger partial charge >= 0.3 is 5.97 Å². The van der Waals surface area contributed by atoms with Gasteiger partial charge in [-0.1, -0.05) is 24.6 Å². The summed E-state index contributed by atoms with van der Waals surface area (Å²) in [5, 5.41) is 13.2. The van der Waals surface area contributed by atoms with Gasteiger partial charge in [-0.25, -0.2) is 0 Å².